The second kappa shape index (κ2) is 290. The largest absolute Gasteiger partial charge is 0.400 e. The molecule has 2 aromatic carbocycles. The number of hydrogen-bond donors (Lipinski definition) is 12. The average molecular weight is 1300 g/mol. The number of aliphatic hydroxyl groups excluding tert-OH is 2. The van der Waals surface area contributed by atoms with Crippen molar-refractivity contribution in [3.8, 4) is 0 Å². The summed E-state index contributed by atoms with van der Waals surface area (Å²) in [6, 6.07) is 20.9. The molecule has 0 radical (unpaired) electrons. The third kappa shape index (κ3) is 480. The van der Waals surface area contributed by atoms with Crippen molar-refractivity contribution >= 4 is 67.0 Å². The van der Waals surface area contributed by atoms with Gasteiger partial charge < -0.3 is 118 Å². The number of likely N-dealkylation sites (tertiary alicyclic amines) is 1. The predicted molar refractivity (Wildman–Crippen MR) is 401 cm³/mol. The van der Waals surface area contributed by atoms with E-state index in [1.807, 2.05) is 118 Å². The molecule has 1 amide bonds. The van der Waals surface area contributed by atoms with E-state index in [4.69, 9.17) is 53.4 Å². The smallest absolute Gasteiger partial charge is 0.219 e. The molecule has 23 heteroatoms. The van der Waals surface area contributed by atoms with Gasteiger partial charge in [0.2, 0.25) is 5.91 Å². The Labute approximate surface area is 553 Å². The van der Waals surface area contributed by atoms with Crippen molar-refractivity contribution in [2.24, 2.45) is 52.3 Å². The van der Waals surface area contributed by atoms with Crippen LogP contribution in [0.4, 0.5) is 0 Å². The summed E-state index contributed by atoms with van der Waals surface area (Å²) in [4.78, 5) is 84.6. The van der Waals surface area contributed by atoms with Gasteiger partial charge in [0.15, 0.2) is 0 Å². The van der Waals surface area contributed by atoms with Crippen molar-refractivity contribution in [3.05, 3.63) is 83.9 Å². The van der Waals surface area contributed by atoms with Gasteiger partial charge in [0.25, 0.3) is 0 Å². The van der Waals surface area contributed by atoms with Crippen LogP contribution in [0, 0.1) is 23.7 Å². The molecule has 1 saturated heterocycles. The summed E-state index contributed by atoms with van der Waals surface area (Å²) in [5, 5.41) is 15.1. The Kier molecular flexibility index (Phi) is 581. The molecule has 89 heavy (non-hydrogen) atoms. The minimum atomic E-state index is -0.167. The average Bonchev–Trinajstić information content (AvgIpc) is 3.59. The Morgan fingerprint density at radius 2 is 0.551 bits per heavy atom. The maximum Gasteiger partial charge on any atom is 0.219 e. The lowest BCUT2D eigenvalue weighted by atomic mass is 10.1. The number of benzene rings is 2. The van der Waals surface area contributed by atoms with Gasteiger partial charge in [-0.3, -0.25) is 4.79 Å². The molecule has 554 valence electrons. The highest BCUT2D eigenvalue weighted by molar-refractivity contribution is 5.73. The fraction of sp³-hybridized carbons (Fsp3) is 0.636. The third-order valence-electron chi connectivity index (χ3n) is 7.09. The van der Waals surface area contributed by atoms with Crippen molar-refractivity contribution in [3.63, 3.8) is 0 Å². The Morgan fingerprint density at radius 3 is 0.618 bits per heavy atom. The zero-order valence-corrected chi connectivity index (χ0v) is 63.6. The fourth-order valence-corrected chi connectivity index (χ4v) is 2.64. The summed E-state index contributed by atoms with van der Waals surface area (Å²) < 4.78 is 0. The number of hydrogen-bond acceptors (Lipinski definition) is 22. The van der Waals surface area contributed by atoms with E-state index in [0.717, 1.165) is 56.7 Å². The van der Waals surface area contributed by atoms with Crippen molar-refractivity contribution in [1.29, 1.82) is 0 Å². The molecular weight excluding hydrogens is 1140 g/mol. The third-order valence-corrected chi connectivity index (χ3v) is 7.09. The van der Waals surface area contributed by atoms with Crippen LogP contribution in [-0.2, 0) is 60.8 Å². The summed E-state index contributed by atoms with van der Waals surface area (Å²) in [5.41, 5.74) is 25.3. The van der Waals surface area contributed by atoms with Crippen LogP contribution >= 0.6 is 0 Å². The molecule has 2 aromatic rings. The van der Waals surface area contributed by atoms with Gasteiger partial charge in [-0.25, -0.2) is 0 Å². The van der Waals surface area contributed by atoms with E-state index in [1.165, 1.54) is 84.9 Å². The molecule has 0 saturated carbocycles. The zero-order chi connectivity index (χ0) is 73.8. The summed E-state index contributed by atoms with van der Waals surface area (Å²) >= 11 is 0. The highest BCUT2D eigenvalue weighted by Crippen LogP contribution is 2.07. The molecule has 0 aliphatic carbocycles. The molecular formula is C66H163N11O12. The molecule has 23 nitrogen and oxygen atoms in total. The topological polar surface area (TPSA) is 520 Å². The van der Waals surface area contributed by atoms with E-state index in [2.05, 4.69) is 174 Å². The minimum absolute atomic E-state index is 0. The molecule has 1 aliphatic heterocycles. The highest BCUT2D eigenvalue weighted by Gasteiger charge is 2.11. The van der Waals surface area contributed by atoms with Crippen LogP contribution < -0.4 is 59.4 Å². The van der Waals surface area contributed by atoms with Crippen LogP contribution in [0.25, 0.3) is 0 Å². The number of aryl methyl sites for hydroxylation is 2. The lowest BCUT2D eigenvalue weighted by Crippen LogP contribution is -2.33. The number of carbonyl (C=O) groups is 10. The van der Waals surface area contributed by atoms with E-state index in [1.54, 1.807) is 20.8 Å². The van der Waals surface area contributed by atoms with E-state index in [-0.39, 0.29) is 42.8 Å². The minimum Gasteiger partial charge on any atom is -0.400 e. The second-order valence-corrected chi connectivity index (χ2v) is 15.1. The maximum atomic E-state index is 10.7. The molecule has 0 unspecified atom stereocenters. The summed E-state index contributed by atoms with van der Waals surface area (Å²) in [6.45, 7) is 63.8. The van der Waals surface area contributed by atoms with Crippen LogP contribution in [0.3, 0.4) is 0 Å². The normalized spacial score (nSPS) is 7.38. The van der Waals surface area contributed by atoms with Gasteiger partial charge in [-0.15, -0.1) is 0 Å². The van der Waals surface area contributed by atoms with Gasteiger partial charge in [0.1, 0.15) is 61.1 Å². The molecule has 27 N–H and O–H groups in total. The summed E-state index contributed by atoms with van der Waals surface area (Å²) in [7, 11) is 8.50. The van der Waals surface area contributed by atoms with Crippen LogP contribution in [0.15, 0.2) is 72.8 Å². The van der Waals surface area contributed by atoms with Crippen molar-refractivity contribution in [1.82, 2.24) is 35.7 Å². The lowest BCUT2D eigenvalue weighted by Gasteiger charge is -2.24. The number of amides is 1. The molecule has 3 rings (SSSR count). The number of nitrogens with two attached hydrogens (primary N) is 5. The quantitative estimate of drug-likeness (QED) is 0.124. The molecule has 0 spiro atoms. The first-order chi connectivity index (χ1) is 40.4. The van der Waals surface area contributed by atoms with Gasteiger partial charge in [0.05, 0.1) is 0 Å². The maximum absolute atomic E-state index is 10.7. The second-order valence-electron chi connectivity index (χ2n) is 15.1. The monoisotopic (exact) mass is 1300 g/mol. The number of nitrogens with zero attached hydrogens (tertiary/aromatic N) is 1. The van der Waals surface area contributed by atoms with E-state index in [9.17, 15) is 4.79 Å². The SMILES string of the molecule is C/C=C\C.C=O.C=O.C=O.C=O.C=O.C=O.C=O.C=O.C=O.CC.CC(=O)N1CCCCC1.CC(C)C.CC(C)O.CCC(C)C.CCC(C)C.CCC(C)C.CCc1ccccc1.CCc1ccccc1.CN.CN.CN.CN.CN.CO.N.N.N.N.N. The van der Waals surface area contributed by atoms with Gasteiger partial charge >= 0.3 is 0 Å². The van der Waals surface area contributed by atoms with Crippen LogP contribution in [-0.4, -0.2) is 144 Å². The van der Waals surface area contributed by atoms with Crippen molar-refractivity contribution in [2.75, 3.05) is 55.4 Å². The zero-order valence-electron chi connectivity index (χ0n) is 63.6. The first kappa shape index (κ1) is 178. The lowest BCUT2D eigenvalue weighted by molar-refractivity contribution is -0.129. The molecule has 1 fully saturated rings. The van der Waals surface area contributed by atoms with Gasteiger partial charge in [-0.2, -0.15) is 0 Å². The molecule has 0 bridgehead atoms. The predicted octanol–water partition coefficient (Wildman–Crippen LogP) is 13.0. The van der Waals surface area contributed by atoms with E-state index < -0.39 is 0 Å². The van der Waals surface area contributed by atoms with E-state index in [0.29, 0.717) is 0 Å². The van der Waals surface area contributed by atoms with Gasteiger partial charge in [-0.05, 0) is 130 Å². The molecule has 1 heterocycles. The Morgan fingerprint density at radius 1 is 0.416 bits per heavy atom. The van der Waals surface area contributed by atoms with Gasteiger partial charge in [-0.1, -0.05) is 203 Å². The molecule has 0 aromatic heterocycles. The van der Waals surface area contributed by atoms with Gasteiger partial charge in [0, 0.05) is 33.2 Å². The van der Waals surface area contributed by atoms with Crippen molar-refractivity contribution in [2.45, 2.75) is 203 Å². The Bertz CT molecular complexity index is 1010. The molecule has 0 atom stereocenters. The van der Waals surface area contributed by atoms with E-state index >= 15 is 0 Å². The van der Waals surface area contributed by atoms with Crippen LogP contribution in [0.5, 0.6) is 0 Å². The number of piperidine rings is 1. The number of aliphatic hydroxyl groups is 2. The van der Waals surface area contributed by atoms with Crippen molar-refractivity contribution < 1.29 is 58.2 Å². The molecule has 1 aliphatic rings. The Hall–Kier alpha value is -5.80. The Balaban J connectivity index is -0.0000000184. The number of carbonyl (C=O) groups excluding carboxylic acids is 10. The van der Waals surface area contributed by atoms with Crippen LogP contribution in [0.2, 0.25) is 0 Å². The fourth-order valence-electron chi connectivity index (χ4n) is 2.64. The highest BCUT2D eigenvalue weighted by atomic mass is 16.3. The number of rotatable bonds is 5. The first-order valence-corrected chi connectivity index (χ1v) is 27.9. The summed E-state index contributed by atoms with van der Waals surface area (Å²) in [6.07, 6.45) is 13.7. The van der Waals surface area contributed by atoms with Crippen LogP contribution in [0.1, 0.15) is 195 Å². The first-order valence-electron chi connectivity index (χ1n) is 27.9. The summed E-state index contributed by atoms with van der Waals surface area (Å²) in [5.74, 6) is 3.72. The number of allylic oxidation sites excluding steroid dienone is 2. The standard InChI is InChI=1S/2C8H10.C7H13NO.3C5H12.C4H10.C4H8.C3H8O.C2H6.5CH5N.CH4O.9CH2O.5H3N/c2*1-2-8-6-4-3-5-7-8;1-7(9)8-5-3-2-4-6-8;3*1-4-5(2)3;1-4(2)3;1-3-4-2;1-3(2)4;16*1-2;;;;;/h2*3-7H,2H2,1H3;2-6H2,1H3;3*5H,4H2,1-3H3;4H,1-3H3;2*3-4H,1-2H3;1-2H3;5*2H2,1H3;2H,1H3;9*1H2;5*1H3/b;;;;;;;4-3-;;;;;;;;;;;;;;;;;;;;;;.